The van der Waals surface area contributed by atoms with Crippen LogP contribution in [0, 0.1) is 0 Å². The zero-order valence-electron chi connectivity index (χ0n) is 12.1. The summed E-state index contributed by atoms with van der Waals surface area (Å²) >= 11 is 12.1. The predicted octanol–water partition coefficient (Wildman–Crippen LogP) is 1.51. The molecule has 1 fully saturated rings. The topological polar surface area (TPSA) is 75.3 Å². The molecule has 0 radical (unpaired) electrons. The number of sulfone groups is 1. The summed E-state index contributed by atoms with van der Waals surface area (Å²) in [5.41, 5.74) is 0.899. The highest BCUT2D eigenvalue weighted by Crippen LogP contribution is 2.22. The van der Waals surface area contributed by atoms with E-state index in [9.17, 15) is 13.2 Å². The highest BCUT2D eigenvalue weighted by molar-refractivity contribution is 7.91. The molecule has 0 bridgehead atoms. The Morgan fingerprint density at radius 1 is 1.36 bits per heavy atom. The molecule has 0 aromatic heterocycles. The molecule has 0 saturated carbocycles. The van der Waals surface area contributed by atoms with Crippen molar-refractivity contribution in [2.75, 3.05) is 18.1 Å². The maximum Gasteiger partial charge on any atom is 0.234 e. The lowest BCUT2D eigenvalue weighted by atomic mass is 10.1. The van der Waals surface area contributed by atoms with Crippen LogP contribution >= 0.6 is 23.2 Å². The Bertz CT molecular complexity index is 651. The van der Waals surface area contributed by atoms with Crippen molar-refractivity contribution in [1.82, 2.24) is 10.6 Å². The largest absolute Gasteiger partial charge is 0.350 e. The standard InChI is InChI=1S/C14H18Cl2N2O3S/c1-9(10-4-2-3-5-11(10)15)17-6-14(19)18-13-8-22(20,21)7-12(13)16/h2-5,9,12-13,17H,6-8H2,1H3,(H,18,19)/t9-,12-,13-/m0/s1. The first-order valence-electron chi connectivity index (χ1n) is 6.90. The second-order valence-electron chi connectivity index (χ2n) is 5.39. The van der Waals surface area contributed by atoms with Crippen molar-refractivity contribution in [2.45, 2.75) is 24.4 Å². The van der Waals surface area contributed by atoms with E-state index in [1.807, 2.05) is 25.1 Å². The van der Waals surface area contributed by atoms with Crippen LogP contribution in [-0.4, -0.2) is 43.8 Å². The molecule has 2 rings (SSSR count). The van der Waals surface area contributed by atoms with Gasteiger partial charge in [0.25, 0.3) is 0 Å². The van der Waals surface area contributed by atoms with Gasteiger partial charge >= 0.3 is 0 Å². The highest BCUT2D eigenvalue weighted by atomic mass is 35.5. The zero-order valence-corrected chi connectivity index (χ0v) is 14.4. The van der Waals surface area contributed by atoms with Crippen molar-refractivity contribution in [3.8, 4) is 0 Å². The van der Waals surface area contributed by atoms with Crippen molar-refractivity contribution in [2.24, 2.45) is 0 Å². The Hall–Kier alpha value is -0.820. The number of carbonyl (C=O) groups excluding carboxylic acids is 1. The number of halogens is 2. The van der Waals surface area contributed by atoms with Crippen LogP contribution < -0.4 is 10.6 Å². The number of benzene rings is 1. The molecule has 1 saturated heterocycles. The van der Waals surface area contributed by atoms with Crippen molar-refractivity contribution < 1.29 is 13.2 Å². The maximum absolute atomic E-state index is 11.9. The molecule has 1 amide bonds. The molecule has 1 heterocycles. The number of alkyl halides is 1. The molecule has 2 N–H and O–H groups in total. The molecule has 5 nitrogen and oxygen atoms in total. The molecule has 122 valence electrons. The van der Waals surface area contributed by atoms with Crippen molar-refractivity contribution in [3.05, 3.63) is 34.9 Å². The van der Waals surface area contributed by atoms with E-state index in [4.69, 9.17) is 23.2 Å². The van der Waals surface area contributed by atoms with Gasteiger partial charge in [-0.15, -0.1) is 11.6 Å². The fourth-order valence-electron chi connectivity index (χ4n) is 2.38. The van der Waals surface area contributed by atoms with Crippen LogP contribution in [0.5, 0.6) is 0 Å². The van der Waals surface area contributed by atoms with Crippen molar-refractivity contribution >= 4 is 38.9 Å². The lowest BCUT2D eigenvalue weighted by molar-refractivity contribution is -0.120. The number of rotatable bonds is 5. The predicted molar refractivity (Wildman–Crippen MR) is 88.1 cm³/mol. The van der Waals surface area contributed by atoms with Gasteiger partial charge in [0, 0.05) is 11.1 Å². The normalized spacial score (nSPS) is 24.9. The molecule has 8 heteroatoms. The third-order valence-corrected chi connectivity index (χ3v) is 6.29. The Balaban J connectivity index is 1.85. The molecule has 0 aliphatic carbocycles. The molecular formula is C14H18Cl2N2O3S. The fraction of sp³-hybridized carbons (Fsp3) is 0.500. The van der Waals surface area contributed by atoms with Crippen LogP contribution in [0.3, 0.4) is 0 Å². The van der Waals surface area contributed by atoms with Crippen LogP contribution in [0.25, 0.3) is 0 Å². The third-order valence-electron chi connectivity index (χ3n) is 3.57. The SMILES string of the molecule is C[C@H](NCC(=O)N[C@H]1CS(=O)(=O)C[C@@H]1Cl)c1ccccc1Cl. The quantitative estimate of drug-likeness (QED) is 0.776. The molecule has 22 heavy (non-hydrogen) atoms. The van der Waals surface area contributed by atoms with Gasteiger partial charge in [-0.3, -0.25) is 4.79 Å². The lowest BCUT2D eigenvalue weighted by Gasteiger charge is -2.18. The Kier molecular flexibility index (Phi) is 5.71. The molecule has 3 atom stereocenters. The van der Waals surface area contributed by atoms with Crippen molar-refractivity contribution in [1.29, 1.82) is 0 Å². The Labute approximate surface area is 140 Å². The second kappa shape index (κ2) is 7.17. The molecule has 1 aromatic carbocycles. The monoisotopic (exact) mass is 364 g/mol. The van der Waals surface area contributed by atoms with Crippen LogP contribution in [0.15, 0.2) is 24.3 Å². The summed E-state index contributed by atoms with van der Waals surface area (Å²) < 4.78 is 22.9. The van der Waals surface area contributed by atoms with Gasteiger partial charge in [-0.2, -0.15) is 0 Å². The Morgan fingerprint density at radius 2 is 2.05 bits per heavy atom. The summed E-state index contributed by atoms with van der Waals surface area (Å²) in [6.45, 7) is 1.96. The molecule has 1 aliphatic heterocycles. The molecule has 1 aromatic rings. The molecular weight excluding hydrogens is 347 g/mol. The summed E-state index contributed by atoms with van der Waals surface area (Å²) in [5.74, 6) is -0.484. The van der Waals surface area contributed by atoms with E-state index in [-0.39, 0.29) is 30.0 Å². The smallest absolute Gasteiger partial charge is 0.234 e. The average molecular weight is 365 g/mol. The van der Waals surface area contributed by atoms with Crippen molar-refractivity contribution in [3.63, 3.8) is 0 Å². The van der Waals surface area contributed by atoms with Gasteiger partial charge in [-0.25, -0.2) is 8.42 Å². The van der Waals surface area contributed by atoms with E-state index in [1.54, 1.807) is 6.07 Å². The van der Waals surface area contributed by atoms with Crippen LogP contribution in [0.1, 0.15) is 18.5 Å². The van der Waals surface area contributed by atoms with E-state index in [0.29, 0.717) is 5.02 Å². The number of amides is 1. The minimum absolute atomic E-state index is 0.0620. The molecule has 1 aliphatic rings. The third kappa shape index (κ3) is 4.59. The molecule has 0 unspecified atom stereocenters. The average Bonchev–Trinajstić information content (AvgIpc) is 2.69. The number of nitrogens with one attached hydrogen (secondary N) is 2. The zero-order chi connectivity index (χ0) is 16.3. The minimum atomic E-state index is -3.15. The van der Waals surface area contributed by atoms with Gasteiger partial charge in [-0.05, 0) is 18.6 Å². The highest BCUT2D eigenvalue weighted by Gasteiger charge is 2.37. The van der Waals surface area contributed by atoms with Gasteiger partial charge in [0.1, 0.15) is 0 Å². The van der Waals surface area contributed by atoms with Crippen LogP contribution in [-0.2, 0) is 14.6 Å². The van der Waals surface area contributed by atoms with Gasteiger partial charge in [0.05, 0.1) is 29.5 Å². The number of hydrogen-bond donors (Lipinski definition) is 2. The summed E-state index contributed by atoms with van der Waals surface area (Å²) in [4.78, 5) is 11.9. The van der Waals surface area contributed by atoms with Crippen LogP contribution in [0.4, 0.5) is 0 Å². The first-order chi connectivity index (χ1) is 10.3. The minimum Gasteiger partial charge on any atom is -0.350 e. The van der Waals surface area contributed by atoms with Crippen LogP contribution in [0.2, 0.25) is 5.02 Å². The van der Waals surface area contributed by atoms with E-state index in [1.165, 1.54) is 0 Å². The van der Waals surface area contributed by atoms with E-state index in [2.05, 4.69) is 10.6 Å². The first kappa shape index (κ1) is 17.5. The van der Waals surface area contributed by atoms with Gasteiger partial charge in [0.2, 0.25) is 5.91 Å². The lowest BCUT2D eigenvalue weighted by Crippen LogP contribution is -2.44. The summed E-state index contributed by atoms with van der Waals surface area (Å²) in [6, 6.07) is 6.76. The van der Waals surface area contributed by atoms with E-state index >= 15 is 0 Å². The first-order valence-corrected chi connectivity index (χ1v) is 9.54. The van der Waals surface area contributed by atoms with Gasteiger partial charge < -0.3 is 10.6 Å². The summed E-state index contributed by atoms with van der Waals surface area (Å²) in [5, 5.41) is 5.78. The number of hydrogen-bond acceptors (Lipinski definition) is 4. The maximum atomic E-state index is 11.9. The Morgan fingerprint density at radius 3 is 2.64 bits per heavy atom. The summed E-state index contributed by atoms with van der Waals surface area (Å²) in [6.07, 6.45) is 0. The molecule has 0 spiro atoms. The fourth-order valence-corrected chi connectivity index (χ4v) is 5.23. The summed E-state index contributed by atoms with van der Waals surface area (Å²) in [7, 11) is -3.15. The van der Waals surface area contributed by atoms with E-state index in [0.717, 1.165) is 5.56 Å². The van der Waals surface area contributed by atoms with E-state index < -0.39 is 21.3 Å². The second-order valence-corrected chi connectivity index (χ2v) is 8.51. The van der Waals surface area contributed by atoms with Gasteiger partial charge in [0.15, 0.2) is 9.84 Å². The van der Waals surface area contributed by atoms with Gasteiger partial charge in [-0.1, -0.05) is 29.8 Å². The number of carbonyl (C=O) groups is 1.